The van der Waals surface area contributed by atoms with Crippen molar-refractivity contribution >= 4 is 34.5 Å². The first-order valence-corrected chi connectivity index (χ1v) is 9.37. The maximum atomic E-state index is 13.0. The van der Waals surface area contributed by atoms with Gasteiger partial charge in [-0.3, -0.25) is 9.59 Å². The summed E-state index contributed by atoms with van der Waals surface area (Å²) >= 11 is 0.883. The second-order valence-electron chi connectivity index (χ2n) is 7.20. The third-order valence-electron chi connectivity index (χ3n) is 3.48. The summed E-state index contributed by atoms with van der Waals surface area (Å²) < 4.78 is 39.1. The van der Waals surface area contributed by atoms with Gasteiger partial charge in [0.05, 0.1) is 17.8 Å². The number of hydrogen-bond donors (Lipinski definition) is 1. The number of rotatable bonds is 5. The molecule has 28 heavy (non-hydrogen) atoms. The van der Waals surface area contributed by atoms with Crippen LogP contribution in [0.5, 0.6) is 0 Å². The van der Waals surface area contributed by atoms with Gasteiger partial charge in [-0.25, -0.2) is 9.97 Å². The molecule has 0 bridgehead atoms. The molecule has 0 radical (unpaired) electrons. The van der Waals surface area contributed by atoms with Gasteiger partial charge in [0.2, 0.25) is 17.6 Å². The quantitative estimate of drug-likeness (QED) is 0.601. The highest BCUT2D eigenvalue weighted by Gasteiger charge is 2.35. The van der Waals surface area contributed by atoms with Crippen LogP contribution in [0.15, 0.2) is 29.3 Å². The van der Waals surface area contributed by atoms with Crippen molar-refractivity contribution in [3.8, 4) is 0 Å². The van der Waals surface area contributed by atoms with Crippen LogP contribution in [0.3, 0.4) is 0 Å². The number of benzene rings is 1. The number of carbonyl (C=O) groups is 2. The fraction of sp³-hybridized carbons (Fsp3) is 0.444. The molecule has 1 aromatic heterocycles. The summed E-state index contributed by atoms with van der Waals surface area (Å²) in [5, 5.41) is 3.24. The highest BCUT2D eigenvalue weighted by atomic mass is 32.2. The molecule has 0 atom stereocenters. The number of nitrogens with zero attached hydrogens (tertiary/aromatic N) is 3. The maximum Gasteiger partial charge on any atom is 0.451 e. The van der Waals surface area contributed by atoms with Crippen molar-refractivity contribution in [1.29, 1.82) is 0 Å². The normalized spacial score (nSPS) is 12.1. The topological polar surface area (TPSA) is 75.2 Å². The molecule has 1 aromatic carbocycles. The SMILES string of the molecule is CN(CC(=O)NC(C)(C)C)C(=O)CSc1nc(C(F)(F)F)nc2ccccc12. The summed E-state index contributed by atoms with van der Waals surface area (Å²) in [4.78, 5) is 32.6. The van der Waals surface area contributed by atoms with Crippen molar-refractivity contribution in [3.05, 3.63) is 30.1 Å². The minimum absolute atomic E-state index is 0.0684. The molecular formula is C18H21F3N4O2S. The lowest BCUT2D eigenvalue weighted by Crippen LogP contribution is -2.46. The number of hydrogen-bond acceptors (Lipinski definition) is 5. The Hall–Kier alpha value is -2.36. The zero-order chi connectivity index (χ0) is 21.1. The molecule has 6 nitrogen and oxygen atoms in total. The number of nitrogens with one attached hydrogen (secondary N) is 1. The van der Waals surface area contributed by atoms with Crippen LogP contribution in [0.25, 0.3) is 10.9 Å². The van der Waals surface area contributed by atoms with Crippen molar-refractivity contribution in [3.63, 3.8) is 0 Å². The summed E-state index contributed by atoms with van der Waals surface area (Å²) in [6.45, 7) is 5.32. The minimum Gasteiger partial charge on any atom is -0.350 e. The van der Waals surface area contributed by atoms with E-state index in [0.29, 0.717) is 5.39 Å². The van der Waals surface area contributed by atoms with Gasteiger partial charge in [-0.1, -0.05) is 30.0 Å². The number of amides is 2. The first-order chi connectivity index (χ1) is 12.9. The molecule has 1 heterocycles. The van der Waals surface area contributed by atoms with Crippen LogP contribution < -0.4 is 5.32 Å². The highest BCUT2D eigenvalue weighted by Crippen LogP contribution is 2.32. The number of aromatic nitrogens is 2. The van der Waals surface area contributed by atoms with Gasteiger partial charge in [-0.05, 0) is 26.8 Å². The molecule has 0 aliphatic carbocycles. The fourth-order valence-corrected chi connectivity index (χ4v) is 3.25. The summed E-state index contributed by atoms with van der Waals surface area (Å²) in [6, 6.07) is 6.30. The van der Waals surface area contributed by atoms with Crippen LogP contribution >= 0.6 is 11.8 Å². The number of likely N-dealkylation sites (N-methyl/N-ethyl adjacent to an activating group) is 1. The predicted molar refractivity (Wildman–Crippen MR) is 101 cm³/mol. The molecule has 152 valence electrons. The molecule has 1 N–H and O–H groups in total. The van der Waals surface area contributed by atoms with Gasteiger partial charge in [-0.2, -0.15) is 13.2 Å². The maximum absolute atomic E-state index is 13.0. The molecule has 2 aromatic rings. The average molecular weight is 414 g/mol. The lowest BCUT2D eigenvalue weighted by molar-refractivity contribution is -0.145. The smallest absolute Gasteiger partial charge is 0.350 e. The van der Waals surface area contributed by atoms with E-state index in [2.05, 4.69) is 15.3 Å². The van der Waals surface area contributed by atoms with E-state index < -0.39 is 23.4 Å². The number of carbonyl (C=O) groups excluding carboxylic acids is 2. The molecule has 0 saturated carbocycles. The standard InChI is InChI=1S/C18H21F3N4O2S/c1-17(2,3)24-13(26)9-25(4)14(27)10-28-15-11-7-5-6-8-12(11)22-16(23-15)18(19,20)21/h5-8H,9-10H2,1-4H3,(H,24,26). The summed E-state index contributed by atoms with van der Waals surface area (Å²) in [7, 11) is 1.46. The lowest BCUT2D eigenvalue weighted by atomic mass is 10.1. The number of alkyl halides is 3. The molecule has 0 aliphatic rings. The number of halogens is 3. The highest BCUT2D eigenvalue weighted by molar-refractivity contribution is 8.00. The summed E-state index contributed by atoms with van der Waals surface area (Å²) in [6.07, 6.45) is -4.69. The Labute approximate surface area is 164 Å². The van der Waals surface area contributed by atoms with Gasteiger partial charge in [0.1, 0.15) is 5.03 Å². The van der Waals surface area contributed by atoms with Gasteiger partial charge in [-0.15, -0.1) is 0 Å². The second-order valence-corrected chi connectivity index (χ2v) is 8.17. The first-order valence-electron chi connectivity index (χ1n) is 8.38. The van der Waals surface area contributed by atoms with Crippen molar-refractivity contribution < 1.29 is 22.8 Å². The molecule has 10 heteroatoms. The molecule has 0 saturated heterocycles. The van der Waals surface area contributed by atoms with E-state index in [4.69, 9.17) is 0 Å². The van der Waals surface area contributed by atoms with Crippen LogP contribution in [0, 0.1) is 0 Å². The lowest BCUT2D eigenvalue weighted by Gasteiger charge is -2.23. The van der Waals surface area contributed by atoms with E-state index in [1.54, 1.807) is 18.2 Å². The molecule has 2 rings (SSSR count). The second kappa shape index (κ2) is 8.34. The number of para-hydroxylation sites is 1. The van der Waals surface area contributed by atoms with E-state index >= 15 is 0 Å². The molecule has 0 unspecified atom stereocenters. The zero-order valence-corrected chi connectivity index (χ0v) is 16.7. The van der Waals surface area contributed by atoms with Gasteiger partial charge in [0.25, 0.3) is 0 Å². The van der Waals surface area contributed by atoms with Crippen molar-refractivity contribution in [2.45, 2.75) is 37.5 Å². The van der Waals surface area contributed by atoms with E-state index in [1.165, 1.54) is 18.0 Å². The molecule has 2 amide bonds. The van der Waals surface area contributed by atoms with E-state index in [0.717, 1.165) is 11.8 Å². The van der Waals surface area contributed by atoms with Gasteiger partial charge in [0, 0.05) is 18.0 Å². The Morgan fingerprint density at radius 1 is 1.14 bits per heavy atom. The van der Waals surface area contributed by atoms with Crippen LogP contribution in [-0.4, -0.2) is 51.6 Å². The molecule has 0 spiro atoms. The van der Waals surface area contributed by atoms with Crippen LogP contribution in [0.4, 0.5) is 13.2 Å². The number of thioether (sulfide) groups is 1. The molecule has 0 aliphatic heterocycles. The van der Waals surface area contributed by atoms with Crippen LogP contribution in [-0.2, 0) is 15.8 Å². The monoisotopic (exact) mass is 414 g/mol. The van der Waals surface area contributed by atoms with Gasteiger partial charge < -0.3 is 10.2 Å². The Kier molecular flexibility index (Phi) is 6.53. The Morgan fingerprint density at radius 2 is 1.79 bits per heavy atom. The Morgan fingerprint density at radius 3 is 2.39 bits per heavy atom. The van der Waals surface area contributed by atoms with E-state index in [9.17, 15) is 22.8 Å². The van der Waals surface area contributed by atoms with E-state index in [1.807, 2.05) is 20.8 Å². The third-order valence-corrected chi connectivity index (χ3v) is 4.45. The summed E-state index contributed by atoms with van der Waals surface area (Å²) in [5.74, 6) is -2.12. The van der Waals surface area contributed by atoms with Crippen LogP contribution in [0.1, 0.15) is 26.6 Å². The molecule has 0 fully saturated rings. The van der Waals surface area contributed by atoms with E-state index in [-0.39, 0.29) is 28.7 Å². The third kappa shape index (κ3) is 6.08. The van der Waals surface area contributed by atoms with Gasteiger partial charge >= 0.3 is 6.18 Å². The Bertz CT molecular complexity index is 881. The van der Waals surface area contributed by atoms with Crippen LogP contribution in [0.2, 0.25) is 0 Å². The first kappa shape index (κ1) is 21.9. The number of fused-ring (bicyclic) bond motifs is 1. The largest absolute Gasteiger partial charge is 0.451 e. The Balaban J connectivity index is 2.12. The minimum atomic E-state index is -4.69. The van der Waals surface area contributed by atoms with Crippen molar-refractivity contribution in [1.82, 2.24) is 20.2 Å². The van der Waals surface area contributed by atoms with Crippen molar-refractivity contribution in [2.24, 2.45) is 0 Å². The molecular weight excluding hydrogens is 393 g/mol. The summed E-state index contributed by atoms with van der Waals surface area (Å²) in [5.41, 5.74) is -0.276. The van der Waals surface area contributed by atoms with Crippen molar-refractivity contribution in [2.75, 3.05) is 19.3 Å². The van der Waals surface area contributed by atoms with Gasteiger partial charge in [0.15, 0.2) is 0 Å². The predicted octanol–water partition coefficient (Wildman–Crippen LogP) is 3.11. The fourth-order valence-electron chi connectivity index (χ4n) is 2.29. The average Bonchev–Trinajstić information content (AvgIpc) is 2.56. The zero-order valence-electron chi connectivity index (χ0n) is 15.9.